The van der Waals surface area contributed by atoms with E-state index in [1.165, 1.54) is 19.3 Å². The molecule has 0 aromatic rings. The SMILES string of the molecule is CCCCC/C=C\C/C=C\CCCCCCCCCC(=O)OC[C@H](COP(=O)(O)OC1[C@H](O)[C@H](O)C(O)[C@H](O)[C@H]1O)OC(=O)CCC/C=C\C/C=C\C/C=C\C/C=C\C=C\[C@H](O)CC. The second kappa shape index (κ2) is 38.1. The molecule has 0 radical (unpaired) electrons. The van der Waals surface area contributed by atoms with Crippen LogP contribution in [0.15, 0.2) is 85.1 Å². The Kier molecular flexibility index (Phi) is 35.2. The fraction of sp³-hybridized carbons (Fsp3) is 0.673. The molecule has 15 heteroatoms. The van der Waals surface area contributed by atoms with Gasteiger partial charge in [0.25, 0.3) is 0 Å². The van der Waals surface area contributed by atoms with Crippen LogP contribution in [0.1, 0.15) is 149 Å². The fourth-order valence-electron chi connectivity index (χ4n) is 6.42. The molecule has 0 aromatic carbocycles. The first kappa shape index (κ1) is 59.0. The molecular formula is C49H81O14P. The Morgan fingerprint density at radius 1 is 0.562 bits per heavy atom. The molecule has 1 aliphatic carbocycles. The van der Waals surface area contributed by atoms with E-state index < -0.39 is 81.8 Å². The zero-order chi connectivity index (χ0) is 47.3. The van der Waals surface area contributed by atoms with Crippen molar-refractivity contribution in [3.8, 4) is 0 Å². The maximum absolute atomic E-state index is 12.8. The summed E-state index contributed by atoms with van der Waals surface area (Å²) in [5.74, 6) is -1.20. The molecule has 64 heavy (non-hydrogen) atoms. The van der Waals surface area contributed by atoms with Gasteiger partial charge >= 0.3 is 19.8 Å². The van der Waals surface area contributed by atoms with E-state index in [4.69, 9.17) is 18.5 Å². The van der Waals surface area contributed by atoms with Crippen molar-refractivity contribution in [1.29, 1.82) is 0 Å². The summed E-state index contributed by atoms with van der Waals surface area (Å²) in [6.07, 6.45) is 33.0. The Hall–Kier alpha value is -3.01. The quantitative estimate of drug-likeness (QED) is 0.0102. The van der Waals surface area contributed by atoms with E-state index in [0.717, 1.165) is 77.0 Å². The average Bonchev–Trinajstić information content (AvgIpc) is 3.28. The van der Waals surface area contributed by atoms with Crippen molar-refractivity contribution in [3.05, 3.63) is 85.1 Å². The Balaban J connectivity index is 2.51. The number of allylic oxidation sites excluding steroid dienone is 13. The molecule has 0 saturated heterocycles. The largest absolute Gasteiger partial charge is 0.472 e. The highest BCUT2D eigenvalue weighted by atomic mass is 31.2. The zero-order valence-electron chi connectivity index (χ0n) is 38.4. The Bertz CT molecular complexity index is 1460. The lowest BCUT2D eigenvalue weighted by Crippen LogP contribution is -2.64. The molecule has 0 aliphatic heterocycles. The molecule has 0 amide bonds. The van der Waals surface area contributed by atoms with E-state index in [2.05, 4.69) is 49.5 Å². The minimum Gasteiger partial charge on any atom is -0.462 e. The monoisotopic (exact) mass is 925 g/mol. The normalized spacial score (nSPS) is 22.8. The number of rotatable bonds is 37. The molecule has 1 saturated carbocycles. The molecule has 0 aromatic heterocycles. The van der Waals surface area contributed by atoms with Crippen LogP contribution in [0, 0.1) is 0 Å². The van der Waals surface area contributed by atoms with Crippen LogP contribution in [-0.2, 0) is 32.7 Å². The summed E-state index contributed by atoms with van der Waals surface area (Å²) in [7, 11) is -5.15. The van der Waals surface area contributed by atoms with Crippen molar-refractivity contribution in [2.24, 2.45) is 0 Å². The number of phosphoric acid groups is 1. The van der Waals surface area contributed by atoms with Crippen molar-refractivity contribution in [2.45, 2.75) is 198 Å². The number of hydrogen-bond acceptors (Lipinski definition) is 13. The molecule has 1 aliphatic rings. The lowest BCUT2D eigenvalue weighted by Gasteiger charge is -2.41. The minimum absolute atomic E-state index is 0.00174. The number of esters is 2. The number of hydrogen-bond donors (Lipinski definition) is 7. The smallest absolute Gasteiger partial charge is 0.462 e. The van der Waals surface area contributed by atoms with E-state index in [1.807, 2.05) is 43.4 Å². The number of aliphatic hydroxyl groups excluding tert-OH is 6. The summed E-state index contributed by atoms with van der Waals surface area (Å²) in [5.41, 5.74) is 0. The van der Waals surface area contributed by atoms with Crippen molar-refractivity contribution in [1.82, 2.24) is 0 Å². The highest BCUT2D eigenvalue weighted by Crippen LogP contribution is 2.47. The summed E-state index contributed by atoms with van der Waals surface area (Å²) in [4.78, 5) is 35.7. The fourth-order valence-corrected chi connectivity index (χ4v) is 7.39. The summed E-state index contributed by atoms with van der Waals surface area (Å²) in [6, 6.07) is 0. The highest BCUT2D eigenvalue weighted by molar-refractivity contribution is 7.47. The van der Waals surface area contributed by atoms with Gasteiger partial charge in [0, 0.05) is 12.8 Å². The molecule has 14 nitrogen and oxygen atoms in total. The second-order valence-corrected chi connectivity index (χ2v) is 17.5. The Morgan fingerprint density at radius 3 is 1.59 bits per heavy atom. The van der Waals surface area contributed by atoms with Gasteiger partial charge in [0.2, 0.25) is 0 Å². The van der Waals surface area contributed by atoms with E-state index in [1.54, 1.807) is 6.08 Å². The van der Waals surface area contributed by atoms with Gasteiger partial charge in [0.1, 0.15) is 43.2 Å². The first-order chi connectivity index (χ1) is 30.8. The third-order valence-electron chi connectivity index (χ3n) is 10.4. The Morgan fingerprint density at radius 2 is 1.03 bits per heavy atom. The van der Waals surface area contributed by atoms with Crippen LogP contribution in [0.4, 0.5) is 0 Å². The van der Waals surface area contributed by atoms with Crippen molar-refractivity contribution in [2.75, 3.05) is 13.2 Å². The van der Waals surface area contributed by atoms with E-state index >= 15 is 0 Å². The van der Waals surface area contributed by atoms with Gasteiger partial charge in [-0.15, -0.1) is 0 Å². The molecule has 7 N–H and O–H groups in total. The predicted octanol–water partition coefficient (Wildman–Crippen LogP) is 8.25. The van der Waals surface area contributed by atoms with Gasteiger partial charge in [0.15, 0.2) is 6.10 Å². The third kappa shape index (κ3) is 30.2. The highest BCUT2D eigenvalue weighted by Gasteiger charge is 2.51. The van der Waals surface area contributed by atoms with E-state index in [0.29, 0.717) is 25.7 Å². The molecule has 0 heterocycles. The number of carbonyl (C=O) groups excluding carboxylic acids is 2. The number of aliphatic hydroxyl groups is 6. The van der Waals surface area contributed by atoms with Gasteiger partial charge in [-0.3, -0.25) is 18.6 Å². The maximum Gasteiger partial charge on any atom is 0.472 e. The molecule has 1 fully saturated rings. The predicted molar refractivity (Wildman–Crippen MR) is 250 cm³/mol. The Labute approximate surface area is 382 Å². The first-order valence-electron chi connectivity index (χ1n) is 23.5. The van der Waals surface area contributed by atoms with E-state index in [-0.39, 0.29) is 12.8 Å². The van der Waals surface area contributed by atoms with Crippen LogP contribution in [0.3, 0.4) is 0 Å². The average molecular weight is 925 g/mol. The van der Waals surface area contributed by atoms with Crippen LogP contribution in [0.2, 0.25) is 0 Å². The van der Waals surface area contributed by atoms with Crippen LogP contribution >= 0.6 is 7.82 Å². The zero-order valence-corrected chi connectivity index (χ0v) is 39.3. The van der Waals surface area contributed by atoms with Crippen molar-refractivity contribution < 1.29 is 68.2 Å². The first-order valence-corrected chi connectivity index (χ1v) is 25.0. The maximum atomic E-state index is 12.8. The van der Waals surface area contributed by atoms with Crippen LogP contribution in [0.5, 0.6) is 0 Å². The molecule has 3 unspecified atom stereocenters. The third-order valence-corrected chi connectivity index (χ3v) is 11.4. The summed E-state index contributed by atoms with van der Waals surface area (Å²) in [6.45, 7) is 2.88. The van der Waals surface area contributed by atoms with Gasteiger partial charge in [-0.2, -0.15) is 0 Å². The lowest BCUT2D eigenvalue weighted by atomic mass is 9.85. The molecule has 0 bridgehead atoms. The molecule has 9 atom stereocenters. The van der Waals surface area contributed by atoms with Crippen molar-refractivity contribution >= 4 is 19.8 Å². The number of carbonyl (C=O) groups is 2. The standard InChI is InChI=1S/C49H81O14P/c1-3-5-6-7-8-9-10-11-12-13-14-18-21-24-27-30-33-36-42(51)60-38-41(39-61-64(58,59)63-49-47(56)45(54)44(53)46(55)48(49)57)62-43(52)37-34-31-28-25-22-19-16-15-17-20-23-26-29-32-35-40(50)4-2/h8-9,11-12,16-17,19-20,25-26,28-29,32,35,40-41,44-50,53-57H,3-7,10,13-15,18,21-24,27,30-31,33-34,36-39H2,1-2H3,(H,58,59)/b9-8-,12-11-,19-16-,20-17-,28-25-,29-26-,35-32+/t40-,41-,44?,45-,46+,47-,48-,49?/m1/s1. The van der Waals surface area contributed by atoms with Crippen LogP contribution in [0.25, 0.3) is 0 Å². The van der Waals surface area contributed by atoms with Gasteiger partial charge in [0.05, 0.1) is 12.7 Å². The summed E-state index contributed by atoms with van der Waals surface area (Å²) < 4.78 is 33.5. The molecular weight excluding hydrogens is 843 g/mol. The summed E-state index contributed by atoms with van der Waals surface area (Å²) >= 11 is 0. The van der Waals surface area contributed by atoms with Gasteiger partial charge in [-0.1, -0.05) is 144 Å². The summed E-state index contributed by atoms with van der Waals surface area (Å²) in [5, 5.41) is 59.7. The molecule has 1 rings (SSSR count). The van der Waals surface area contributed by atoms with Crippen LogP contribution < -0.4 is 0 Å². The topological polar surface area (TPSA) is 230 Å². The van der Waals surface area contributed by atoms with Crippen LogP contribution in [-0.4, -0.2) is 110 Å². The molecule has 0 spiro atoms. The van der Waals surface area contributed by atoms with Gasteiger partial charge < -0.3 is 45.0 Å². The second-order valence-electron chi connectivity index (χ2n) is 16.1. The lowest BCUT2D eigenvalue weighted by molar-refractivity contribution is -0.220. The number of ether oxygens (including phenoxy) is 2. The van der Waals surface area contributed by atoms with Gasteiger partial charge in [-0.05, 0) is 77.0 Å². The van der Waals surface area contributed by atoms with E-state index in [9.17, 15) is 49.7 Å². The van der Waals surface area contributed by atoms with Crippen molar-refractivity contribution in [3.63, 3.8) is 0 Å². The number of unbranched alkanes of at least 4 members (excludes halogenated alkanes) is 11. The number of phosphoric ester groups is 1. The molecule has 366 valence electrons. The van der Waals surface area contributed by atoms with Gasteiger partial charge in [-0.25, -0.2) is 4.57 Å². The minimum atomic E-state index is -5.15.